The number of esters is 1. The summed E-state index contributed by atoms with van der Waals surface area (Å²) in [6.07, 6.45) is 0.764. The van der Waals surface area contributed by atoms with Crippen LogP contribution < -0.4 is 10.1 Å². The molecule has 1 atom stereocenters. The van der Waals surface area contributed by atoms with Crippen molar-refractivity contribution < 1.29 is 19.1 Å². The Labute approximate surface area is 124 Å². The summed E-state index contributed by atoms with van der Waals surface area (Å²) in [6, 6.07) is 6.60. The quantitative estimate of drug-likeness (QED) is 0.618. The molecule has 0 heterocycles. The predicted molar refractivity (Wildman–Crippen MR) is 80.3 cm³/mol. The van der Waals surface area contributed by atoms with Crippen LogP contribution in [0.5, 0.6) is 5.75 Å². The second-order valence-electron chi connectivity index (χ2n) is 4.77. The molecule has 1 aromatic rings. The zero-order valence-corrected chi connectivity index (χ0v) is 12.6. The molecule has 5 heteroatoms. The Morgan fingerprint density at radius 3 is 2.38 bits per heavy atom. The summed E-state index contributed by atoms with van der Waals surface area (Å²) in [7, 11) is 0. The fourth-order valence-electron chi connectivity index (χ4n) is 1.54. The average Bonchev–Trinajstić information content (AvgIpc) is 2.44. The van der Waals surface area contributed by atoms with Gasteiger partial charge in [-0.3, -0.25) is 4.79 Å². The Balaban J connectivity index is 2.58. The molecular formula is C16H21NO4. The Morgan fingerprint density at radius 1 is 1.24 bits per heavy atom. The Morgan fingerprint density at radius 2 is 1.86 bits per heavy atom. The van der Waals surface area contributed by atoms with E-state index in [1.165, 1.54) is 6.92 Å². The predicted octanol–water partition coefficient (Wildman–Crippen LogP) is 2.32. The van der Waals surface area contributed by atoms with E-state index in [1.807, 2.05) is 13.8 Å². The summed E-state index contributed by atoms with van der Waals surface area (Å²) in [5, 5.41) is 2.57. The third kappa shape index (κ3) is 5.69. The maximum atomic E-state index is 11.9. The van der Waals surface area contributed by atoms with Gasteiger partial charge in [-0.05, 0) is 45.0 Å². The lowest BCUT2D eigenvalue weighted by Crippen LogP contribution is -2.35. The normalized spacial score (nSPS) is 11.6. The number of hydrogen-bond donors (Lipinski definition) is 1. The third-order valence-corrected chi connectivity index (χ3v) is 2.54. The highest BCUT2D eigenvalue weighted by atomic mass is 16.5. The molecule has 0 aliphatic carbocycles. The molecule has 0 saturated carbocycles. The van der Waals surface area contributed by atoms with Crippen molar-refractivity contribution >= 4 is 11.9 Å². The van der Waals surface area contributed by atoms with Crippen LogP contribution in [0.2, 0.25) is 0 Å². The van der Waals surface area contributed by atoms with E-state index in [9.17, 15) is 9.59 Å². The van der Waals surface area contributed by atoms with Crippen molar-refractivity contribution in [1.29, 1.82) is 0 Å². The Bertz CT molecular complexity index is 494. The van der Waals surface area contributed by atoms with Gasteiger partial charge in [-0.25, -0.2) is 4.79 Å². The number of nitrogens with one attached hydrogen (secondary N) is 1. The van der Waals surface area contributed by atoms with Crippen molar-refractivity contribution in [2.24, 2.45) is 0 Å². The zero-order valence-electron chi connectivity index (χ0n) is 12.6. The smallest absolute Gasteiger partial charge is 0.338 e. The van der Waals surface area contributed by atoms with Crippen LogP contribution in [-0.4, -0.2) is 30.6 Å². The topological polar surface area (TPSA) is 64.6 Å². The van der Waals surface area contributed by atoms with Crippen LogP contribution in [0.15, 0.2) is 36.9 Å². The molecule has 1 rings (SSSR count). The van der Waals surface area contributed by atoms with Gasteiger partial charge in [-0.15, -0.1) is 6.58 Å². The van der Waals surface area contributed by atoms with Gasteiger partial charge in [0.05, 0.1) is 11.7 Å². The van der Waals surface area contributed by atoms with Gasteiger partial charge in [0.2, 0.25) is 0 Å². The fraction of sp³-hybridized carbons (Fsp3) is 0.375. The summed E-state index contributed by atoms with van der Waals surface area (Å²) in [4.78, 5) is 23.5. The van der Waals surface area contributed by atoms with Gasteiger partial charge in [0.15, 0.2) is 6.10 Å². The van der Waals surface area contributed by atoms with Crippen molar-refractivity contribution in [3.8, 4) is 5.75 Å². The molecule has 1 N–H and O–H groups in total. The standard InChI is InChI=1S/C16H21NO4/c1-5-10-17-15(18)12(4)21-16(19)13-6-8-14(9-7-13)20-11(2)3/h5-9,11-12H,1,10H2,2-4H3,(H,17,18)/t12-/m0/s1. The lowest BCUT2D eigenvalue weighted by atomic mass is 10.2. The van der Waals surface area contributed by atoms with Gasteiger partial charge in [-0.1, -0.05) is 6.08 Å². The number of rotatable bonds is 7. The second-order valence-corrected chi connectivity index (χ2v) is 4.77. The molecule has 114 valence electrons. The molecule has 0 aromatic heterocycles. The number of amides is 1. The number of benzene rings is 1. The van der Waals surface area contributed by atoms with Gasteiger partial charge < -0.3 is 14.8 Å². The van der Waals surface area contributed by atoms with Gasteiger partial charge in [0.1, 0.15) is 5.75 Å². The van der Waals surface area contributed by atoms with Crippen LogP contribution in [-0.2, 0) is 9.53 Å². The van der Waals surface area contributed by atoms with Crippen molar-refractivity contribution in [3.63, 3.8) is 0 Å². The molecular weight excluding hydrogens is 270 g/mol. The second kappa shape index (κ2) is 8.09. The summed E-state index contributed by atoms with van der Waals surface area (Å²) < 4.78 is 10.6. The van der Waals surface area contributed by atoms with Crippen molar-refractivity contribution in [2.45, 2.75) is 33.0 Å². The number of carbonyl (C=O) groups excluding carboxylic acids is 2. The molecule has 0 aliphatic heterocycles. The largest absolute Gasteiger partial charge is 0.491 e. The Kier molecular flexibility index (Phi) is 6.46. The molecule has 0 fully saturated rings. The minimum Gasteiger partial charge on any atom is -0.491 e. The summed E-state index contributed by atoms with van der Waals surface area (Å²) >= 11 is 0. The summed E-state index contributed by atoms with van der Waals surface area (Å²) in [5.74, 6) is -0.228. The average molecular weight is 291 g/mol. The van der Waals surface area contributed by atoms with E-state index >= 15 is 0 Å². The van der Waals surface area contributed by atoms with Gasteiger partial charge >= 0.3 is 5.97 Å². The van der Waals surface area contributed by atoms with E-state index in [0.717, 1.165) is 0 Å². The first-order chi connectivity index (χ1) is 9.93. The van der Waals surface area contributed by atoms with Gasteiger partial charge in [0, 0.05) is 6.54 Å². The molecule has 1 amide bonds. The molecule has 0 radical (unpaired) electrons. The van der Waals surface area contributed by atoms with E-state index in [-0.39, 0.29) is 12.0 Å². The van der Waals surface area contributed by atoms with Crippen LogP contribution in [0.25, 0.3) is 0 Å². The number of carbonyl (C=O) groups is 2. The highest BCUT2D eigenvalue weighted by Crippen LogP contribution is 2.15. The Hall–Kier alpha value is -2.30. The molecule has 0 saturated heterocycles. The van der Waals surface area contributed by atoms with Crippen molar-refractivity contribution in [3.05, 3.63) is 42.5 Å². The van der Waals surface area contributed by atoms with Crippen molar-refractivity contribution in [2.75, 3.05) is 6.54 Å². The van der Waals surface area contributed by atoms with E-state index in [4.69, 9.17) is 9.47 Å². The van der Waals surface area contributed by atoms with E-state index in [2.05, 4.69) is 11.9 Å². The van der Waals surface area contributed by atoms with E-state index < -0.39 is 12.1 Å². The monoisotopic (exact) mass is 291 g/mol. The highest BCUT2D eigenvalue weighted by Gasteiger charge is 2.18. The van der Waals surface area contributed by atoms with Crippen LogP contribution in [0.4, 0.5) is 0 Å². The zero-order chi connectivity index (χ0) is 15.8. The van der Waals surface area contributed by atoms with Crippen LogP contribution >= 0.6 is 0 Å². The molecule has 0 bridgehead atoms. The molecule has 1 aromatic carbocycles. The van der Waals surface area contributed by atoms with Gasteiger partial charge in [-0.2, -0.15) is 0 Å². The molecule has 21 heavy (non-hydrogen) atoms. The first-order valence-electron chi connectivity index (χ1n) is 6.80. The molecule has 5 nitrogen and oxygen atoms in total. The summed E-state index contributed by atoms with van der Waals surface area (Å²) in [5.41, 5.74) is 0.370. The minimum absolute atomic E-state index is 0.0661. The first-order valence-corrected chi connectivity index (χ1v) is 6.80. The van der Waals surface area contributed by atoms with Gasteiger partial charge in [0.25, 0.3) is 5.91 Å². The number of hydrogen-bond acceptors (Lipinski definition) is 4. The minimum atomic E-state index is -0.857. The maximum Gasteiger partial charge on any atom is 0.338 e. The summed E-state index contributed by atoms with van der Waals surface area (Å²) in [6.45, 7) is 9.20. The lowest BCUT2D eigenvalue weighted by Gasteiger charge is -2.13. The first kappa shape index (κ1) is 16.8. The number of ether oxygens (including phenoxy) is 2. The van der Waals surface area contributed by atoms with Crippen LogP contribution in [0.1, 0.15) is 31.1 Å². The van der Waals surface area contributed by atoms with Crippen LogP contribution in [0, 0.1) is 0 Å². The van der Waals surface area contributed by atoms with Crippen LogP contribution in [0.3, 0.4) is 0 Å². The molecule has 0 unspecified atom stereocenters. The molecule has 0 aliphatic rings. The third-order valence-electron chi connectivity index (χ3n) is 2.54. The molecule has 0 spiro atoms. The van der Waals surface area contributed by atoms with Crippen molar-refractivity contribution in [1.82, 2.24) is 5.32 Å². The lowest BCUT2D eigenvalue weighted by molar-refractivity contribution is -0.128. The highest BCUT2D eigenvalue weighted by molar-refractivity contribution is 5.92. The SMILES string of the molecule is C=CCNC(=O)[C@H](C)OC(=O)c1ccc(OC(C)C)cc1. The maximum absolute atomic E-state index is 11.9. The van der Waals surface area contributed by atoms with E-state index in [1.54, 1.807) is 30.3 Å². The fourth-order valence-corrected chi connectivity index (χ4v) is 1.54. The van der Waals surface area contributed by atoms with E-state index in [0.29, 0.717) is 17.9 Å².